The van der Waals surface area contributed by atoms with Crippen LogP contribution in [-0.2, 0) is 20.0 Å². The molecule has 0 amide bonds. The van der Waals surface area contributed by atoms with E-state index in [0.717, 1.165) is 0 Å². The molecule has 1 aromatic carbocycles. The van der Waals surface area contributed by atoms with Crippen molar-refractivity contribution in [2.75, 3.05) is 5.32 Å². The summed E-state index contributed by atoms with van der Waals surface area (Å²) in [6.45, 7) is 1.94. The van der Waals surface area contributed by atoms with Crippen molar-refractivity contribution < 1.29 is 8.78 Å². The standard InChI is InChI=1S/C17H18ClF2N5/c1-9(21)7-12-14(20)13-15(23-17(18)24-16(13)25(12)2)22-8-10-5-3-4-6-11(10)19/h3-6,9H,7-8,21H2,1-2H3,(H,22,23,24)/t9-/m0/s1. The first-order valence-electron chi connectivity index (χ1n) is 7.81. The zero-order chi connectivity index (χ0) is 18.1. The zero-order valence-electron chi connectivity index (χ0n) is 13.9. The topological polar surface area (TPSA) is 68.8 Å². The van der Waals surface area contributed by atoms with Crippen LogP contribution in [0, 0.1) is 11.6 Å². The second-order valence-corrected chi connectivity index (χ2v) is 6.32. The molecule has 0 saturated carbocycles. The highest BCUT2D eigenvalue weighted by atomic mass is 35.5. The summed E-state index contributed by atoms with van der Waals surface area (Å²) in [6, 6.07) is 6.13. The van der Waals surface area contributed by atoms with Gasteiger partial charge in [0.05, 0.1) is 11.1 Å². The van der Waals surface area contributed by atoms with Gasteiger partial charge in [-0.25, -0.2) is 8.78 Å². The first kappa shape index (κ1) is 17.6. The van der Waals surface area contributed by atoms with E-state index in [-0.39, 0.29) is 34.9 Å². The maximum absolute atomic E-state index is 14.9. The van der Waals surface area contributed by atoms with Gasteiger partial charge in [-0.15, -0.1) is 0 Å². The SMILES string of the molecule is C[C@H](N)Cc1c(F)c2c(NCc3ccccc3F)nc(Cl)nc2n1C. The Bertz CT molecular complexity index is 923. The number of anilines is 1. The van der Waals surface area contributed by atoms with Crippen LogP contribution in [0.4, 0.5) is 14.6 Å². The number of fused-ring (bicyclic) bond motifs is 1. The lowest BCUT2D eigenvalue weighted by molar-refractivity contribution is 0.586. The van der Waals surface area contributed by atoms with Crippen molar-refractivity contribution in [2.24, 2.45) is 12.8 Å². The van der Waals surface area contributed by atoms with Gasteiger partial charge in [-0.3, -0.25) is 0 Å². The van der Waals surface area contributed by atoms with Crippen LogP contribution in [-0.4, -0.2) is 20.6 Å². The van der Waals surface area contributed by atoms with Gasteiger partial charge in [0.15, 0.2) is 5.82 Å². The molecule has 3 rings (SSSR count). The summed E-state index contributed by atoms with van der Waals surface area (Å²) >= 11 is 5.98. The van der Waals surface area contributed by atoms with Crippen LogP contribution in [0.2, 0.25) is 5.28 Å². The zero-order valence-corrected chi connectivity index (χ0v) is 14.6. The lowest BCUT2D eigenvalue weighted by Gasteiger charge is -2.08. The van der Waals surface area contributed by atoms with Gasteiger partial charge in [0.25, 0.3) is 0 Å². The fourth-order valence-corrected chi connectivity index (χ4v) is 2.93. The molecule has 0 bridgehead atoms. The Hall–Kier alpha value is -2.25. The van der Waals surface area contributed by atoms with Crippen LogP contribution in [0.5, 0.6) is 0 Å². The normalized spacial score (nSPS) is 12.6. The fraction of sp³-hybridized carbons (Fsp3) is 0.294. The summed E-state index contributed by atoms with van der Waals surface area (Å²) in [5, 5.41) is 3.16. The number of nitrogens with zero attached hydrogens (tertiary/aromatic N) is 3. The summed E-state index contributed by atoms with van der Waals surface area (Å²) in [5.41, 5.74) is 7.04. The number of aromatic nitrogens is 3. The Kier molecular flexibility index (Phi) is 4.87. The van der Waals surface area contributed by atoms with Crippen LogP contribution >= 0.6 is 11.6 Å². The van der Waals surface area contributed by atoms with Gasteiger partial charge in [0.2, 0.25) is 5.28 Å². The molecule has 132 valence electrons. The van der Waals surface area contributed by atoms with Gasteiger partial charge in [0, 0.05) is 31.6 Å². The molecule has 3 aromatic rings. The smallest absolute Gasteiger partial charge is 0.226 e. The van der Waals surface area contributed by atoms with Crippen molar-refractivity contribution in [3.05, 3.63) is 52.4 Å². The lowest BCUT2D eigenvalue weighted by Crippen LogP contribution is -2.20. The lowest BCUT2D eigenvalue weighted by atomic mass is 10.2. The van der Waals surface area contributed by atoms with Crippen LogP contribution < -0.4 is 11.1 Å². The van der Waals surface area contributed by atoms with Crippen LogP contribution in [0.3, 0.4) is 0 Å². The predicted octanol–water partition coefficient (Wildman–Crippen LogP) is 3.40. The summed E-state index contributed by atoms with van der Waals surface area (Å²) < 4.78 is 30.3. The number of hydrogen-bond donors (Lipinski definition) is 2. The molecule has 3 N–H and O–H groups in total. The largest absolute Gasteiger partial charge is 0.365 e. The number of nitrogens with one attached hydrogen (secondary N) is 1. The highest BCUT2D eigenvalue weighted by molar-refractivity contribution is 6.28. The van der Waals surface area contributed by atoms with Crippen molar-refractivity contribution in [3.8, 4) is 0 Å². The van der Waals surface area contributed by atoms with Crippen molar-refractivity contribution in [2.45, 2.75) is 25.9 Å². The third-order valence-corrected chi connectivity index (χ3v) is 4.15. The molecule has 0 radical (unpaired) electrons. The third kappa shape index (κ3) is 3.43. The molecule has 0 aliphatic carbocycles. The summed E-state index contributed by atoms with van der Waals surface area (Å²) in [5.74, 6) is -0.567. The maximum atomic E-state index is 14.9. The second kappa shape index (κ2) is 6.93. The Balaban J connectivity index is 2.04. The Labute approximate surface area is 148 Å². The first-order chi connectivity index (χ1) is 11.9. The van der Waals surface area contributed by atoms with E-state index in [4.69, 9.17) is 17.3 Å². The van der Waals surface area contributed by atoms with Gasteiger partial charge >= 0.3 is 0 Å². The number of aryl methyl sites for hydroxylation is 1. The molecule has 1 atom stereocenters. The molecule has 2 aromatic heterocycles. The minimum Gasteiger partial charge on any atom is -0.365 e. The Morgan fingerprint density at radius 2 is 2.00 bits per heavy atom. The highest BCUT2D eigenvalue weighted by Gasteiger charge is 2.22. The third-order valence-electron chi connectivity index (χ3n) is 3.98. The molecule has 0 spiro atoms. The van der Waals surface area contributed by atoms with Crippen molar-refractivity contribution in [1.82, 2.24) is 14.5 Å². The Morgan fingerprint density at radius 3 is 2.68 bits per heavy atom. The molecule has 0 aliphatic rings. The first-order valence-corrected chi connectivity index (χ1v) is 8.19. The minimum atomic E-state index is -0.442. The number of benzene rings is 1. The van der Waals surface area contributed by atoms with E-state index in [1.165, 1.54) is 6.07 Å². The number of halogens is 3. The molecule has 0 aliphatic heterocycles. The van der Waals surface area contributed by atoms with E-state index >= 15 is 0 Å². The average Bonchev–Trinajstić information content (AvgIpc) is 2.78. The summed E-state index contributed by atoms with van der Waals surface area (Å²) in [4.78, 5) is 8.20. The fourth-order valence-electron chi connectivity index (χ4n) is 2.77. The van der Waals surface area contributed by atoms with E-state index in [0.29, 0.717) is 23.3 Å². The summed E-state index contributed by atoms with van der Waals surface area (Å²) in [7, 11) is 1.70. The van der Waals surface area contributed by atoms with Gasteiger partial charge in [-0.2, -0.15) is 9.97 Å². The van der Waals surface area contributed by atoms with Crippen molar-refractivity contribution in [3.63, 3.8) is 0 Å². The van der Waals surface area contributed by atoms with E-state index in [1.807, 2.05) is 0 Å². The molecular formula is C17H18ClF2N5. The van der Waals surface area contributed by atoms with E-state index in [2.05, 4.69) is 15.3 Å². The molecule has 2 heterocycles. The number of hydrogen-bond acceptors (Lipinski definition) is 4. The highest BCUT2D eigenvalue weighted by Crippen LogP contribution is 2.30. The maximum Gasteiger partial charge on any atom is 0.226 e. The van der Waals surface area contributed by atoms with Gasteiger partial charge in [-0.05, 0) is 24.6 Å². The molecule has 5 nitrogen and oxygen atoms in total. The monoisotopic (exact) mass is 365 g/mol. The van der Waals surface area contributed by atoms with E-state index in [9.17, 15) is 8.78 Å². The summed E-state index contributed by atoms with van der Waals surface area (Å²) in [6.07, 6.45) is 0.350. The molecule has 0 fully saturated rings. The Morgan fingerprint density at radius 1 is 1.28 bits per heavy atom. The molecular weight excluding hydrogens is 348 g/mol. The minimum absolute atomic E-state index is 0.0171. The van der Waals surface area contributed by atoms with E-state index < -0.39 is 5.82 Å². The van der Waals surface area contributed by atoms with Crippen molar-refractivity contribution >= 4 is 28.5 Å². The van der Waals surface area contributed by atoms with Crippen molar-refractivity contribution in [1.29, 1.82) is 0 Å². The van der Waals surface area contributed by atoms with Crippen LogP contribution in [0.15, 0.2) is 24.3 Å². The number of rotatable bonds is 5. The predicted molar refractivity (Wildman–Crippen MR) is 94.6 cm³/mol. The van der Waals surface area contributed by atoms with Gasteiger partial charge in [-0.1, -0.05) is 18.2 Å². The van der Waals surface area contributed by atoms with Crippen LogP contribution in [0.25, 0.3) is 11.0 Å². The molecule has 0 unspecified atom stereocenters. The average molecular weight is 366 g/mol. The molecule has 25 heavy (non-hydrogen) atoms. The molecule has 0 saturated heterocycles. The molecule has 8 heteroatoms. The quantitative estimate of drug-likeness (QED) is 0.680. The van der Waals surface area contributed by atoms with Crippen LogP contribution in [0.1, 0.15) is 18.2 Å². The second-order valence-electron chi connectivity index (χ2n) is 5.99. The number of nitrogens with two attached hydrogens (primary N) is 1. The van der Waals surface area contributed by atoms with E-state index in [1.54, 1.807) is 36.7 Å². The van der Waals surface area contributed by atoms with Gasteiger partial charge < -0.3 is 15.6 Å². The van der Waals surface area contributed by atoms with Gasteiger partial charge in [0.1, 0.15) is 17.3 Å².